The third kappa shape index (κ3) is 4.11. The van der Waals surface area contributed by atoms with Gasteiger partial charge in [-0.2, -0.15) is 4.98 Å². The standard InChI is InChI=1S/C21H24N4O/c1-5-16-8-6-7-14(2)20(16)25-21-22-15(3)13-19(24-21)23-17-9-11-18(26-4)12-10-17/h6-13H,5H2,1-4H3,(H2,22,23,24,25). The predicted octanol–water partition coefficient (Wildman–Crippen LogP) is 5.15. The highest BCUT2D eigenvalue weighted by Crippen LogP contribution is 2.25. The summed E-state index contributed by atoms with van der Waals surface area (Å²) in [4.78, 5) is 9.15. The van der Waals surface area contributed by atoms with Crippen molar-refractivity contribution in [3.05, 3.63) is 65.4 Å². The summed E-state index contributed by atoms with van der Waals surface area (Å²) in [5.41, 5.74) is 5.35. The van der Waals surface area contributed by atoms with Crippen molar-refractivity contribution in [1.82, 2.24) is 9.97 Å². The number of para-hydroxylation sites is 1. The van der Waals surface area contributed by atoms with Gasteiger partial charge in [0.2, 0.25) is 5.95 Å². The zero-order valence-electron chi connectivity index (χ0n) is 15.6. The predicted molar refractivity (Wildman–Crippen MR) is 107 cm³/mol. The Morgan fingerprint density at radius 2 is 1.73 bits per heavy atom. The molecule has 0 radical (unpaired) electrons. The molecule has 5 heteroatoms. The highest BCUT2D eigenvalue weighted by Gasteiger charge is 2.08. The number of methoxy groups -OCH3 is 1. The van der Waals surface area contributed by atoms with Crippen LogP contribution in [0.25, 0.3) is 0 Å². The van der Waals surface area contributed by atoms with Gasteiger partial charge in [-0.15, -0.1) is 0 Å². The second-order valence-electron chi connectivity index (χ2n) is 6.16. The van der Waals surface area contributed by atoms with Crippen molar-refractivity contribution in [3.63, 3.8) is 0 Å². The lowest BCUT2D eigenvalue weighted by atomic mass is 10.1. The molecule has 0 aliphatic rings. The molecule has 2 aromatic carbocycles. The first-order valence-electron chi connectivity index (χ1n) is 8.71. The SMILES string of the molecule is CCc1cccc(C)c1Nc1nc(C)cc(Nc2ccc(OC)cc2)n1. The normalized spacial score (nSPS) is 10.5. The number of hydrogen-bond acceptors (Lipinski definition) is 5. The monoisotopic (exact) mass is 348 g/mol. The average Bonchev–Trinajstić information content (AvgIpc) is 2.63. The number of nitrogens with zero attached hydrogens (tertiary/aromatic N) is 2. The van der Waals surface area contributed by atoms with Crippen LogP contribution < -0.4 is 15.4 Å². The minimum Gasteiger partial charge on any atom is -0.497 e. The molecule has 0 amide bonds. The van der Waals surface area contributed by atoms with Gasteiger partial charge in [0.1, 0.15) is 11.6 Å². The number of nitrogens with one attached hydrogen (secondary N) is 2. The van der Waals surface area contributed by atoms with Gasteiger partial charge < -0.3 is 15.4 Å². The summed E-state index contributed by atoms with van der Waals surface area (Å²) in [6.07, 6.45) is 0.951. The molecule has 0 fully saturated rings. The maximum atomic E-state index is 5.19. The topological polar surface area (TPSA) is 59.1 Å². The number of benzene rings is 2. The van der Waals surface area contributed by atoms with Crippen molar-refractivity contribution in [2.24, 2.45) is 0 Å². The second-order valence-corrected chi connectivity index (χ2v) is 6.16. The third-order valence-electron chi connectivity index (χ3n) is 4.19. The fraction of sp³-hybridized carbons (Fsp3) is 0.238. The molecule has 0 aliphatic carbocycles. The van der Waals surface area contributed by atoms with Crippen LogP contribution in [0.3, 0.4) is 0 Å². The van der Waals surface area contributed by atoms with Crippen LogP contribution >= 0.6 is 0 Å². The summed E-state index contributed by atoms with van der Waals surface area (Å²) in [7, 11) is 1.66. The highest BCUT2D eigenvalue weighted by atomic mass is 16.5. The van der Waals surface area contributed by atoms with Crippen LogP contribution in [0.15, 0.2) is 48.5 Å². The van der Waals surface area contributed by atoms with Crippen LogP contribution in [-0.4, -0.2) is 17.1 Å². The minimum atomic E-state index is 0.588. The van der Waals surface area contributed by atoms with E-state index < -0.39 is 0 Å². The van der Waals surface area contributed by atoms with Gasteiger partial charge >= 0.3 is 0 Å². The van der Waals surface area contributed by atoms with E-state index in [1.54, 1.807) is 7.11 Å². The lowest BCUT2D eigenvalue weighted by Crippen LogP contribution is -2.05. The number of rotatable bonds is 6. The summed E-state index contributed by atoms with van der Waals surface area (Å²) >= 11 is 0. The molecule has 3 aromatic rings. The molecule has 0 aliphatic heterocycles. The first kappa shape index (κ1) is 17.7. The number of anilines is 4. The Balaban J connectivity index is 1.86. The van der Waals surface area contributed by atoms with Crippen LogP contribution in [0.5, 0.6) is 5.75 Å². The van der Waals surface area contributed by atoms with Gasteiger partial charge in [-0.1, -0.05) is 25.1 Å². The van der Waals surface area contributed by atoms with Gasteiger partial charge in [-0.25, -0.2) is 4.98 Å². The smallest absolute Gasteiger partial charge is 0.229 e. The molecule has 0 bridgehead atoms. The van der Waals surface area contributed by atoms with E-state index in [1.807, 2.05) is 37.3 Å². The van der Waals surface area contributed by atoms with Crippen molar-refractivity contribution in [2.45, 2.75) is 27.2 Å². The molecule has 0 saturated carbocycles. The summed E-state index contributed by atoms with van der Waals surface area (Å²) < 4.78 is 5.19. The quantitative estimate of drug-likeness (QED) is 0.645. The molecule has 1 heterocycles. The number of ether oxygens (including phenoxy) is 1. The molecule has 0 spiro atoms. The van der Waals surface area contributed by atoms with E-state index in [1.165, 1.54) is 11.1 Å². The molecular weight excluding hydrogens is 324 g/mol. The average molecular weight is 348 g/mol. The molecule has 1 aromatic heterocycles. The molecule has 5 nitrogen and oxygen atoms in total. The Bertz CT molecular complexity index is 891. The van der Waals surface area contributed by atoms with Gasteiger partial charge in [0.15, 0.2) is 0 Å². The van der Waals surface area contributed by atoms with Crippen LogP contribution in [0.1, 0.15) is 23.7 Å². The Morgan fingerprint density at radius 1 is 0.962 bits per heavy atom. The van der Waals surface area contributed by atoms with E-state index >= 15 is 0 Å². The third-order valence-corrected chi connectivity index (χ3v) is 4.19. The summed E-state index contributed by atoms with van der Waals surface area (Å²) in [5, 5.41) is 6.71. The van der Waals surface area contributed by atoms with Crippen LogP contribution in [0.2, 0.25) is 0 Å². The lowest BCUT2D eigenvalue weighted by Gasteiger charge is -2.14. The highest BCUT2D eigenvalue weighted by molar-refractivity contribution is 5.65. The van der Waals surface area contributed by atoms with Crippen molar-refractivity contribution in [3.8, 4) is 5.75 Å². The van der Waals surface area contributed by atoms with E-state index in [2.05, 4.69) is 52.6 Å². The van der Waals surface area contributed by atoms with Crippen molar-refractivity contribution >= 4 is 23.1 Å². The molecule has 0 unspecified atom stereocenters. The van der Waals surface area contributed by atoms with Crippen molar-refractivity contribution < 1.29 is 4.74 Å². The largest absolute Gasteiger partial charge is 0.497 e. The Hall–Kier alpha value is -3.08. The van der Waals surface area contributed by atoms with Gasteiger partial charge in [-0.05, 0) is 55.7 Å². The minimum absolute atomic E-state index is 0.588. The lowest BCUT2D eigenvalue weighted by molar-refractivity contribution is 0.415. The van der Waals surface area contributed by atoms with Crippen LogP contribution in [0, 0.1) is 13.8 Å². The first-order chi connectivity index (χ1) is 12.6. The number of hydrogen-bond donors (Lipinski definition) is 2. The number of aromatic nitrogens is 2. The maximum absolute atomic E-state index is 5.19. The van der Waals surface area contributed by atoms with E-state index in [9.17, 15) is 0 Å². The van der Waals surface area contributed by atoms with Gasteiger partial charge in [0, 0.05) is 23.1 Å². The second kappa shape index (κ2) is 7.87. The summed E-state index contributed by atoms with van der Waals surface area (Å²) in [6.45, 7) is 6.20. The fourth-order valence-electron chi connectivity index (χ4n) is 2.82. The fourth-order valence-corrected chi connectivity index (χ4v) is 2.82. The zero-order valence-corrected chi connectivity index (χ0v) is 15.6. The summed E-state index contributed by atoms with van der Waals surface area (Å²) in [5.74, 6) is 2.16. The molecule has 3 rings (SSSR count). The van der Waals surface area contributed by atoms with E-state index in [0.717, 1.165) is 35.1 Å². The van der Waals surface area contributed by atoms with Crippen LogP contribution in [-0.2, 0) is 6.42 Å². The Labute approximate surface area is 154 Å². The maximum Gasteiger partial charge on any atom is 0.229 e. The molecule has 26 heavy (non-hydrogen) atoms. The number of aryl methyl sites for hydroxylation is 3. The molecule has 0 saturated heterocycles. The molecule has 0 atom stereocenters. The van der Waals surface area contributed by atoms with Gasteiger partial charge in [0.25, 0.3) is 0 Å². The van der Waals surface area contributed by atoms with Crippen LogP contribution in [0.4, 0.5) is 23.1 Å². The Kier molecular flexibility index (Phi) is 5.37. The molecule has 2 N–H and O–H groups in total. The van der Waals surface area contributed by atoms with E-state index in [4.69, 9.17) is 4.74 Å². The van der Waals surface area contributed by atoms with Crippen molar-refractivity contribution in [1.29, 1.82) is 0 Å². The Morgan fingerprint density at radius 3 is 2.42 bits per heavy atom. The first-order valence-corrected chi connectivity index (χ1v) is 8.71. The van der Waals surface area contributed by atoms with Gasteiger partial charge in [-0.3, -0.25) is 0 Å². The summed E-state index contributed by atoms with van der Waals surface area (Å²) in [6, 6.07) is 16.0. The van der Waals surface area contributed by atoms with E-state index in [-0.39, 0.29) is 0 Å². The van der Waals surface area contributed by atoms with Gasteiger partial charge in [0.05, 0.1) is 7.11 Å². The van der Waals surface area contributed by atoms with Crippen molar-refractivity contribution in [2.75, 3.05) is 17.7 Å². The zero-order chi connectivity index (χ0) is 18.5. The molecular formula is C21H24N4O. The van der Waals surface area contributed by atoms with E-state index in [0.29, 0.717) is 5.95 Å². The molecule has 134 valence electrons.